The van der Waals surface area contributed by atoms with Crippen LogP contribution in [0.1, 0.15) is 15.9 Å². The Morgan fingerprint density at radius 3 is 2.08 bits per heavy atom. The van der Waals surface area contributed by atoms with Crippen LogP contribution >= 0.6 is 12.0 Å². The SMILES string of the molecule is O=C(c1ccc(F)c(SOO[O-])c1)c1ccc(F)c(S(=O)(=O)[O-])c1.[K+].[K+]. The van der Waals surface area contributed by atoms with Gasteiger partial charge in [-0.3, -0.25) is 9.83 Å². The van der Waals surface area contributed by atoms with Crippen LogP contribution in [0.5, 0.6) is 0 Å². The van der Waals surface area contributed by atoms with Gasteiger partial charge in [-0.1, -0.05) is 0 Å². The molecule has 0 amide bonds. The van der Waals surface area contributed by atoms with Crippen molar-refractivity contribution < 1.29 is 144 Å². The van der Waals surface area contributed by atoms with Gasteiger partial charge in [0.25, 0.3) is 0 Å². The molecule has 2 rings (SSSR count). The molecule has 0 aliphatic rings. The van der Waals surface area contributed by atoms with E-state index in [2.05, 4.69) is 9.37 Å². The molecule has 2 aromatic rings. The van der Waals surface area contributed by atoms with Crippen LogP contribution in [0.25, 0.3) is 0 Å². The summed E-state index contributed by atoms with van der Waals surface area (Å²) in [5.74, 6) is -2.90. The number of benzene rings is 2. The first-order valence-corrected chi connectivity index (χ1v) is 8.12. The van der Waals surface area contributed by atoms with Crippen molar-refractivity contribution >= 4 is 27.9 Å². The molecule has 128 valence electrons. The second kappa shape index (κ2) is 12.2. The Hall–Kier alpha value is 1.38. The Morgan fingerprint density at radius 1 is 1.00 bits per heavy atom. The smallest absolute Gasteiger partial charge is 0.744 e. The van der Waals surface area contributed by atoms with Gasteiger partial charge in [0.2, 0.25) is 0 Å². The minimum atomic E-state index is -5.11. The minimum Gasteiger partial charge on any atom is -0.744 e. The third-order valence-electron chi connectivity index (χ3n) is 2.81. The van der Waals surface area contributed by atoms with Gasteiger partial charge in [0.1, 0.15) is 21.8 Å². The summed E-state index contributed by atoms with van der Waals surface area (Å²) in [6.07, 6.45) is 0. The van der Waals surface area contributed by atoms with Gasteiger partial charge in [-0.25, -0.2) is 17.2 Å². The van der Waals surface area contributed by atoms with Crippen LogP contribution in [0.3, 0.4) is 0 Å². The van der Waals surface area contributed by atoms with Crippen LogP contribution in [0.15, 0.2) is 46.2 Å². The van der Waals surface area contributed by atoms with E-state index in [4.69, 9.17) is 0 Å². The van der Waals surface area contributed by atoms with Crippen molar-refractivity contribution in [3.63, 3.8) is 0 Å². The number of hydrogen-bond acceptors (Lipinski definition) is 8. The molecule has 0 bridgehead atoms. The molecule has 0 aliphatic heterocycles. The zero-order chi connectivity index (χ0) is 17.9. The Labute approximate surface area is 236 Å². The van der Waals surface area contributed by atoms with Gasteiger partial charge < -0.3 is 9.81 Å². The summed E-state index contributed by atoms with van der Waals surface area (Å²) in [5.41, 5.74) is -0.413. The number of rotatable bonds is 6. The molecule has 26 heavy (non-hydrogen) atoms. The first kappa shape index (κ1) is 27.4. The molecule has 2 aromatic carbocycles. The van der Waals surface area contributed by atoms with Crippen molar-refractivity contribution in [1.82, 2.24) is 0 Å². The van der Waals surface area contributed by atoms with Crippen molar-refractivity contribution in [2.75, 3.05) is 0 Å². The topological polar surface area (TPSA) is 116 Å². The van der Waals surface area contributed by atoms with E-state index in [0.717, 1.165) is 24.3 Å². The monoisotopic (exact) mass is 454 g/mol. The maximum atomic E-state index is 13.5. The molecule has 13 heteroatoms. The van der Waals surface area contributed by atoms with E-state index in [1.807, 2.05) is 0 Å². The van der Waals surface area contributed by atoms with Gasteiger partial charge in [0.15, 0.2) is 5.78 Å². The fourth-order valence-corrected chi connectivity index (χ4v) is 2.76. The summed E-state index contributed by atoms with van der Waals surface area (Å²) < 4.78 is 63.7. The standard InChI is InChI=1S/C13H8F2O7S2.2K/c14-9-3-1-7(5-11(9)23-22-21-17)13(16)8-2-4-10(15)12(6-8)24(18,19)20;;/h1-6,17H,(H,18,19,20);;/q;2*+1/p-2. The molecule has 7 nitrogen and oxygen atoms in total. The van der Waals surface area contributed by atoms with Crippen molar-refractivity contribution in [2.45, 2.75) is 9.79 Å². The zero-order valence-electron chi connectivity index (χ0n) is 13.4. The van der Waals surface area contributed by atoms with Crippen LogP contribution in [-0.2, 0) is 19.5 Å². The fraction of sp³-hybridized carbons (Fsp3) is 0. The summed E-state index contributed by atoms with van der Waals surface area (Å²) in [6, 6.07) is 5.21. The molecule has 0 saturated heterocycles. The zero-order valence-corrected chi connectivity index (χ0v) is 21.3. The van der Waals surface area contributed by atoms with E-state index < -0.39 is 32.4 Å². The molecular weight excluding hydrogens is 448 g/mol. The minimum absolute atomic E-state index is 0. The number of carbonyl (C=O) groups excluding carboxylic acids is 1. The first-order chi connectivity index (χ1) is 11.2. The molecule has 0 aromatic heterocycles. The van der Waals surface area contributed by atoms with Gasteiger partial charge in [-0.2, -0.15) is 4.33 Å². The summed E-state index contributed by atoms with van der Waals surface area (Å²) in [4.78, 5) is 10.9. The van der Waals surface area contributed by atoms with Gasteiger partial charge in [0.05, 0.1) is 21.8 Å². The van der Waals surface area contributed by atoms with E-state index in [0.29, 0.717) is 12.1 Å². The fourth-order valence-electron chi connectivity index (χ4n) is 1.76. The Balaban J connectivity index is 0.00000312. The van der Waals surface area contributed by atoms with E-state index in [1.165, 1.54) is 0 Å². The number of halogens is 2. The number of ketones is 1. The summed E-state index contributed by atoms with van der Waals surface area (Å²) >= 11 is 0.216. The van der Waals surface area contributed by atoms with Gasteiger partial charge in [-0.15, -0.1) is 0 Å². The van der Waals surface area contributed by atoms with Crippen LogP contribution < -0.4 is 108 Å². The Bertz CT molecular complexity index is 894. The van der Waals surface area contributed by atoms with Crippen molar-refractivity contribution in [2.24, 2.45) is 0 Å². The molecule has 0 spiro atoms. The average Bonchev–Trinajstić information content (AvgIpc) is 2.53. The molecule has 0 fully saturated rings. The first-order valence-electron chi connectivity index (χ1n) is 5.97. The van der Waals surface area contributed by atoms with Crippen LogP contribution in [0.2, 0.25) is 0 Å². The summed E-state index contributed by atoms with van der Waals surface area (Å²) in [5, 5.41) is 12.8. The van der Waals surface area contributed by atoms with E-state index >= 15 is 0 Å². The van der Waals surface area contributed by atoms with Crippen LogP contribution in [0.4, 0.5) is 8.78 Å². The quantitative estimate of drug-likeness (QED) is 0.107. The van der Waals surface area contributed by atoms with E-state index in [9.17, 15) is 31.8 Å². The average molecular weight is 455 g/mol. The summed E-state index contributed by atoms with van der Waals surface area (Å²) in [6.45, 7) is 0. The predicted octanol–water partition coefficient (Wildman–Crippen LogP) is -4.66. The van der Waals surface area contributed by atoms with E-state index in [1.54, 1.807) is 0 Å². The molecule has 0 atom stereocenters. The third kappa shape index (κ3) is 7.33. The second-order valence-corrected chi connectivity index (χ2v) is 6.38. The van der Waals surface area contributed by atoms with Crippen molar-refractivity contribution in [3.05, 3.63) is 59.2 Å². The molecular formula is C13H6F2K2O7S2. The normalized spacial score (nSPS) is 10.6. The third-order valence-corrected chi connectivity index (χ3v) is 4.28. The number of carbonyl (C=O) groups is 1. The molecule has 0 unspecified atom stereocenters. The second-order valence-electron chi connectivity index (χ2n) is 4.29. The number of hydrogen-bond donors (Lipinski definition) is 0. The van der Waals surface area contributed by atoms with E-state index in [-0.39, 0.29) is 131 Å². The molecule has 0 radical (unpaired) electrons. The van der Waals surface area contributed by atoms with Crippen LogP contribution in [0, 0.1) is 11.6 Å². The van der Waals surface area contributed by atoms with Crippen molar-refractivity contribution in [1.29, 1.82) is 0 Å². The predicted molar refractivity (Wildman–Crippen MR) is 72.2 cm³/mol. The van der Waals surface area contributed by atoms with Crippen molar-refractivity contribution in [3.8, 4) is 0 Å². The Morgan fingerprint density at radius 2 is 1.54 bits per heavy atom. The van der Waals surface area contributed by atoms with Crippen LogP contribution in [-0.4, -0.2) is 18.8 Å². The molecule has 0 heterocycles. The molecule has 0 N–H and O–H groups in total. The molecule has 0 saturated carbocycles. The summed E-state index contributed by atoms with van der Waals surface area (Å²) in [7, 11) is -5.11. The van der Waals surface area contributed by atoms with Gasteiger partial charge in [-0.05, 0) is 36.4 Å². The Kier molecular flexibility index (Phi) is 12.8. The van der Waals surface area contributed by atoms with Gasteiger partial charge in [0, 0.05) is 11.1 Å². The maximum Gasteiger partial charge on any atom is 1.00 e. The van der Waals surface area contributed by atoms with Gasteiger partial charge >= 0.3 is 103 Å². The molecule has 0 aliphatic carbocycles. The maximum absolute atomic E-state index is 13.5. The largest absolute Gasteiger partial charge is 1.00 e.